The lowest BCUT2D eigenvalue weighted by atomic mass is 10.1. The highest BCUT2D eigenvalue weighted by Gasteiger charge is 2.18. The fourth-order valence-corrected chi connectivity index (χ4v) is 5.57. The van der Waals surface area contributed by atoms with Crippen molar-refractivity contribution in [3.05, 3.63) is 120 Å². The van der Waals surface area contributed by atoms with Crippen LogP contribution in [-0.2, 0) is 10.1 Å². The second-order valence-corrected chi connectivity index (χ2v) is 10.8. The molecule has 1 aromatic heterocycles. The average molecular weight is 546 g/mol. The zero-order valence-electron chi connectivity index (χ0n) is 19.3. The number of halogens is 1. The van der Waals surface area contributed by atoms with E-state index in [0.29, 0.717) is 15.7 Å². The number of thiazole rings is 1. The number of rotatable bonds is 8. The minimum absolute atomic E-state index is 0.0748. The number of para-hydroxylation sites is 1. The third-order valence-electron chi connectivity index (χ3n) is 5.30. The van der Waals surface area contributed by atoms with Crippen molar-refractivity contribution in [3.63, 3.8) is 0 Å². The van der Waals surface area contributed by atoms with Crippen LogP contribution in [0.3, 0.4) is 0 Å². The average Bonchev–Trinajstić information content (AvgIpc) is 3.35. The zero-order valence-corrected chi connectivity index (χ0v) is 21.7. The molecule has 0 radical (unpaired) electrons. The van der Waals surface area contributed by atoms with Gasteiger partial charge in [0, 0.05) is 16.1 Å². The SMILES string of the molecule is O=S(=O)(Oc1ccccc1C=NNc1nc(-c2ccccc2)c(-c2ccc(Cl)cc2)s1)c1ccccc1. The van der Waals surface area contributed by atoms with Gasteiger partial charge in [0.05, 0.1) is 16.8 Å². The van der Waals surface area contributed by atoms with Crippen LogP contribution in [0.4, 0.5) is 5.13 Å². The van der Waals surface area contributed by atoms with Crippen LogP contribution < -0.4 is 9.61 Å². The van der Waals surface area contributed by atoms with Crippen molar-refractivity contribution in [2.75, 3.05) is 5.43 Å². The molecule has 5 rings (SSSR count). The molecule has 0 saturated carbocycles. The van der Waals surface area contributed by atoms with E-state index in [1.54, 1.807) is 42.5 Å². The molecule has 0 atom stereocenters. The number of nitrogens with one attached hydrogen (secondary N) is 1. The van der Waals surface area contributed by atoms with Crippen LogP contribution in [0.5, 0.6) is 5.75 Å². The molecule has 184 valence electrons. The summed E-state index contributed by atoms with van der Waals surface area (Å²) in [6.07, 6.45) is 1.50. The minimum atomic E-state index is -3.98. The number of nitrogens with zero attached hydrogens (tertiary/aromatic N) is 2. The van der Waals surface area contributed by atoms with E-state index < -0.39 is 10.1 Å². The summed E-state index contributed by atoms with van der Waals surface area (Å²) >= 11 is 7.54. The van der Waals surface area contributed by atoms with Crippen LogP contribution in [0, 0.1) is 0 Å². The highest BCUT2D eigenvalue weighted by molar-refractivity contribution is 7.87. The van der Waals surface area contributed by atoms with E-state index in [2.05, 4.69) is 10.5 Å². The Bertz CT molecular complexity index is 1640. The number of hydrogen-bond donors (Lipinski definition) is 1. The first kappa shape index (κ1) is 24.7. The minimum Gasteiger partial charge on any atom is -0.378 e. The first-order valence-corrected chi connectivity index (χ1v) is 13.8. The Morgan fingerprint density at radius 1 is 0.811 bits per heavy atom. The summed E-state index contributed by atoms with van der Waals surface area (Å²) in [5.41, 5.74) is 6.25. The summed E-state index contributed by atoms with van der Waals surface area (Å²) in [4.78, 5) is 5.81. The van der Waals surface area contributed by atoms with Gasteiger partial charge in [0.1, 0.15) is 4.90 Å². The van der Waals surface area contributed by atoms with Crippen molar-refractivity contribution in [1.82, 2.24) is 4.98 Å². The number of benzene rings is 4. The Morgan fingerprint density at radius 2 is 1.46 bits per heavy atom. The molecule has 0 bridgehead atoms. The van der Waals surface area contributed by atoms with Crippen molar-refractivity contribution >= 4 is 44.4 Å². The summed E-state index contributed by atoms with van der Waals surface area (Å²) in [5, 5.41) is 5.55. The molecule has 9 heteroatoms. The Labute approximate surface area is 224 Å². The summed E-state index contributed by atoms with van der Waals surface area (Å²) < 4.78 is 30.8. The van der Waals surface area contributed by atoms with E-state index in [-0.39, 0.29) is 10.6 Å². The molecule has 0 aliphatic heterocycles. The van der Waals surface area contributed by atoms with E-state index in [4.69, 9.17) is 20.8 Å². The third kappa shape index (κ3) is 5.89. The summed E-state index contributed by atoms with van der Waals surface area (Å²) in [7, 11) is -3.98. The van der Waals surface area contributed by atoms with Gasteiger partial charge in [-0.05, 0) is 42.0 Å². The fourth-order valence-electron chi connectivity index (χ4n) is 3.53. The van der Waals surface area contributed by atoms with E-state index >= 15 is 0 Å². The second kappa shape index (κ2) is 11.0. The summed E-state index contributed by atoms with van der Waals surface area (Å²) in [6, 6.07) is 32.3. The third-order valence-corrected chi connectivity index (χ3v) is 7.80. The van der Waals surface area contributed by atoms with Gasteiger partial charge < -0.3 is 4.18 Å². The van der Waals surface area contributed by atoms with Gasteiger partial charge in [0.2, 0.25) is 5.13 Å². The van der Waals surface area contributed by atoms with Gasteiger partial charge in [-0.25, -0.2) is 4.98 Å². The molecule has 0 saturated heterocycles. The van der Waals surface area contributed by atoms with Crippen LogP contribution >= 0.6 is 22.9 Å². The molecule has 5 aromatic rings. The van der Waals surface area contributed by atoms with Crippen molar-refractivity contribution in [2.24, 2.45) is 5.10 Å². The number of hydrogen-bond acceptors (Lipinski definition) is 7. The van der Waals surface area contributed by atoms with Crippen LogP contribution in [0.1, 0.15) is 5.56 Å². The molecule has 1 N–H and O–H groups in total. The molecule has 0 amide bonds. The van der Waals surface area contributed by atoms with Crippen molar-refractivity contribution in [2.45, 2.75) is 4.90 Å². The molecule has 0 aliphatic carbocycles. The number of aromatic nitrogens is 1. The molecule has 1 heterocycles. The fraction of sp³-hybridized carbons (Fsp3) is 0. The van der Waals surface area contributed by atoms with Gasteiger partial charge >= 0.3 is 10.1 Å². The monoisotopic (exact) mass is 545 g/mol. The predicted octanol–water partition coefficient (Wildman–Crippen LogP) is 7.34. The Morgan fingerprint density at radius 3 is 2.19 bits per heavy atom. The molecule has 0 unspecified atom stereocenters. The van der Waals surface area contributed by atoms with Crippen LogP contribution in [0.25, 0.3) is 21.7 Å². The van der Waals surface area contributed by atoms with Gasteiger partial charge in [-0.1, -0.05) is 95.7 Å². The molecule has 4 aromatic carbocycles. The maximum absolute atomic E-state index is 12.7. The lowest BCUT2D eigenvalue weighted by molar-refractivity contribution is 0.485. The second-order valence-electron chi connectivity index (χ2n) is 7.83. The Hall–Kier alpha value is -3.98. The quantitative estimate of drug-likeness (QED) is 0.125. The van der Waals surface area contributed by atoms with Gasteiger partial charge in [-0.15, -0.1) is 0 Å². The molecular formula is C28H20ClN3O3S2. The lowest BCUT2D eigenvalue weighted by Gasteiger charge is -2.09. The molecule has 0 fully saturated rings. The van der Waals surface area contributed by atoms with Crippen molar-refractivity contribution in [3.8, 4) is 27.4 Å². The Kier molecular flexibility index (Phi) is 7.32. The maximum Gasteiger partial charge on any atom is 0.339 e. The van der Waals surface area contributed by atoms with Gasteiger partial charge in [0.25, 0.3) is 0 Å². The molecule has 0 aliphatic rings. The summed E-state index contributed by atoms with van der Waals surface area (Å²) in [5.74, 6) is 0.169. The van der Waals surface area contributed by atoms with E-state index in [1.807, 2.05) is 54.6 Å². The van der Waals surface area contributed by atoms with Crippen molar-refractivity contribution in [1.29, 1.82) is 0 Å². The standard InChI is InChI=1S/C28H20ClN3O3S2/c29-23-17-15-21(16-18-23)27-26(20-9-3-1-4-10-20)31-28(36-27)32-30-19-22-11-7-8-14-25(22)35-37(33,34)24-12-5-2-6-13-24/h1-19H,(H,31,32). The summed E-state index contributed by atoms with van der Waals surface area (Å²) in [6.45, 7) is 0. The first-order valence-electron chi connectivity index (χ1n) is 11.2. The van der Waals surface area contributed by atoms with Gasteiger partial charge in [-0.3, -0.25) is 5.43 Å². The topological polar surface area (TPSA) is 80.7 Å². The van der Waals surface area contributed by atoms with Crippen LogP contribution in [-0.4, -0.2) is 19.6 Å². The zero-order chi connectivity index (χ0) is 25.7. The molecule has 37 heavy (non-hydrogen) atoms. The van der Waals surface area contributed by atoms with E-state index in [0.717, 1.165) is 21.7 Å². The van der Waals surface area contributed by atoms with Crippen LogP contribution in [0.15, 0.2) is 119 Å². The number of hydrazone groups is 1. The van der Waals surface area contributed by atoms with Gasteiger partial charge in [-0.2, -0.15) is 13.5 Å². The van der Waals surface area contributed by atoms with Gasteiger partial charge in [0.15, 0.2) is 5.75 Å². The molecular weight excluding hydrogens is 526 g/mol. The lowest BCUT2D eigenvalue weighted by Crippen LogP contribution is -2.10. The normalized spacial score (nSPS) is 11.5. The largest absolute Gasteiger partial charge is 0.378 e. The highest BCUT2D eigenvalue weighted by Crippen LogP contribution is 2.39. The molecule has 6 nitrogen and oxygen atoms in total. The smallest absolute Gasteiger partial charge is 0.339 e. The van der Waals surface area contributed by atoms with Crippen molar-refractivity contribution < 1.29 is 12.6 Å². The number of anilines is 1. The van der Waals surface area contributed by atoms with E-state index in [1.165, 1.54) is 29.7 Å². The first-order chi connectivity index (χ1) is 18.0. The maximum atomic E-state index is 12.7. The van der Waals surface area contributed by atoms with Crippen LogP contribution in [0.2, 0.25) is 5.02 Å². The molecule has 0 spiro atoms. The Balaban J connectivity index is 1.41. The highest BCUT2D eigenvalue weighted by atomic mass is 35.5. The van der Waals surface area contributed by atoms with E-state index in [9.17, 15) is 8.42 Å². The predicted molar refractivity (Wildman–Crippen MR) is 150 cm³/mol.